The van der Waals surface area contributed by atoms with Crippen LogP contribution < -0.4 is 5.56 Å². The van der Waals surface area contributed by atoms with Gasteiger partial charge in [-0.15, -0.1) is 0 Å². The maximum absolute atomic E-state index is 12.3. The number of nitrogens with zero attached hydrogens (tertiary/aromatic N) is 3. The smallest absolute Gasteiger partial charge is 0.272 e. The Kier molecular flexibility index (Phi) is 3.28. The van der Waals surface area contributed by atoms with Crippen LogP contribution in [0.5, 0.6) is 0 Å². The highest BCUT2D eigenvalue weighted by Crippen LogP contribution is 2.29. The quantitative estimate of drug-likeness (QED) is 0.582. The second-order valence-corrected chi connectivity index (χ2v) is 5.32. The van der Waals surface area contributed by atoms with Crippen LogP contribution in [0.15, 0.2) is 40.4 Å². The molecule has 0 saturated carbocycles. The Hall–Kier alpha value is -2.52. The van der Waals surface area contributed by atoms with Crippen LogP contribution in [0.1, 0.15) is 5.56 Å². The predicted octanol–water partition coefficient (Wildman–Crippen LogP) is 2.52. The van der Waals surface area contributed by atoms with Crippen molar-refractivity contribution in [2.45, 2.75) is 5.16 Å². The lowest BCUT2D eigenvalue weighted by molar-refractivity contribution is 0.709. The van der Waals surface area contributed by atoms with E-state index in [0.717, 1.165) is 16.5 Å². The first-order valence-electron chi connectivity index (χ1n) is 6.29. The lowest BCUT2D eigenvalue weighted by atomic mass is 10.1. The Morgan fingerprint density at radius 3 is 2.86 bits per heavy atom. The number of hydrogen-bond donors (Lipinski definition) is 1. The number of hydrogen-bond acceptors (Lipinski definition) is 4. The minimum atomic E-state index is -0.322. The summed E-state index contributed by atoms with van der Waals surface area (Å²) < 4.78 is 1.40. The predicted molar refractivity (Wildman–Crippen MR) is 83.3 cm³/mol. The van der Waals surface area contributed by atoms with Gasteiger partial charge in [-0.3, -0.25) is 9.36 Å². The van der Waals surface area contributed by atoms with Gasteiger partial charge in [-0.2, -0.15) is 5.26 Å². The van der Waals surface area contributed by atoms with E-state index in [-0.39, 0.29) is 11.1 Å². The van der Waals surface area contributed by atoms with E-state index in [0.29, 0.717) is 10.9 Å². The minimum absolute atomic E-state index is 0.0695. The van der Waals surface area contributed by atoms with E-state index in [1.807, 2.05) is 36.6 Å². The van der Waals surface area contributed by atoms with Crippen LogP contribution in [0.25, 0.3) is 22.2 Å². The molecular weight excluding hydrogens is 284 g/mol. The van der Waals surface area contributed by atoms with E-state index in [1.54, 1.807) is 13.2 Å². The van der Waals surface area contributed by atoms with Gasteiger partial charge in [0.2, 0.25) is 0 Å². The van der Waals surface area contributed by atoms with Crippen LogP contribution in [0.4, 0.5) is 0 Å². The van der Waals surface area contributed by atoms with Crippen LogP contribution in [0, 0.1) is 11.3 Å². The molecule has 0 amide bonds. The molecule has 3 aromatic rings. The maximum Gasteiger partial charge on any atom is 0.272 e. The van der Waals surface area contributed by atoms with E-state index < -0.39 is 0 Å². The highest BCUT2D eigenvalue weighted by atomic mass is 32.2. The van der Waals surface area contributed by atoms with Gasteiger partial charge in [-0.05, 0) is 12.3 Å². The zero-order chi connectivity index (χ0) is 15.0. The first-order valence-corrected chi connectivity index (χ1v) is 7.51. The number of aromatic nitrogens is 3. The van der Waals surface area contributed by atoms with Gasteiger partial charge in [0.1, 0.15) is 11.6 Å². The van der Waals surface area contributed by atoms with Crippen LogP contribution >= 0.6 is 11.8 Å². The average molecular weight is 296 g/mol. The van der Waals surface area contributed by atoms with Crippen molar-refractivity contribution in [1.82, 2.24) is 14.5 Å². The van der Waals surface area contributed by atoms with Crippen molar-refractivity contribution in [2.24, 2.45) is 7.05 Å². The first kappa shape index (κ1) is 13.5. The molecule has 0 unspecified atom stereocenters. The molecule has 6 heteroatoms. The number of aromatic amines is 1. The summed E-state index contributed by atoms with van der Waals surface area (Å²) in [6.45, 7) is 0. The Bertz CT molecular complexity index is 933. The van der Waals surface area contributed by atoms with Crippen LogP contribution in [0.2, 0.25) is 0 Å². The van der Waals surface area contributed by atoms with Gasteiger partial charge < -0.3 is 4.98 Å². The maximum atomic E-state index is 12.3. The summed E-state index contributed by atoms with van der Waals surface area (Å²) in [7, 11) is 1.63. The number of benzene rings is 1. The van der Waals surface area contributed by atoms with Gasteiger partial charge in [0.05, 0.1) is 5.69 Å². The van der Waals surface area contributed by atoms with Crippen molar-refractivity contribution in [3.8, 4) is 17.3 Å². The summed E-state index contributed by atoms with van der Waals surface area (Å²) in [6.07, 6.45) is 3.64. The molecule has 0 aliphatic rings. The molecule has 3 rings (SSSR count). The molecule has 0 spiro atoms. The third kappa shape index (κ3) is 2.03. The molecule has 5 nitrogen and oxygen atoms in total. The van der Waals surface area contributed by atoms with Crippen molar-refractivity contribution in [3.05, 3.63) is 46.4 Å². The first-order chi connectivity index (χ1) is 10.2. The molecule has 21 heavy (non-hydrogen) atoms. The third-order valence-electron chi connectivity index (χ3n) is 3.39. The topological polar surface area (TPSA) is 74.5 Å². The van der Waals surface area contributed by atoms with Crippen molar-refractivity contribution in [1.29, 1.82) is 5.26 Å². The molecule has 0 saturated heterocycles. The second-order valence-electron chi connectivity index (χ2n) is 4.55. The van der Waals surface area contributed by atoms with Crippen molar-refractivity contribution < 1.29 is 0 Å². The molecule has 104 valence electrons. The monoisotopic (exact) mass is 296 g/mol. The van der Waals surface area contributed by atoms with Crippen LogP contribution in [-0.4, -0.2) is 20.8 Å². The Balaban J connectivity index is 2.40. The fourth-order valence-electron chi connectivity index (χ4n) is 2.33. The lowest BCUT2D eigenvalue weighted by Crippen LogP contribution is -2.23. The number of fused-ring (bicyclic) bond motifs is 1. The molecule has 0 aliphatic heterocycles. The van der Waals surface area contributed by atoms with Crippen molar-refractivity contribution in [3.63, 3.8) is 0 Å². The summed E-state index contributed by atoms with van der Waals surface area (Å²) in [6, 6.07) is 9.73. The van der Waals surface area contributed by atoms with Crippen molar-refractivity contribution >= 4 is 22.7 Å². The number of nitriles is 1. The van der Waals surface area contributed by atoms with Gasteiger partial charge in [0, 0.05) is 29.7 Å². The molecule has 1 N–H and O–H groups in total. The van der Waals surface area contributed by atoms with Gasteiger partial charge >= 0.3 is 0 Å². The molecule has 0 atom stereocenters. The van der Waals surface area contributed by atoms with Gasteiger partial charge in [0.25, 0.3) is 5.56 Å². The molecule has 1 aromatic carbocycles. The summed E-state index contributed by atoms with van der Waals surface area (Å²) in [5.74, 6) is 0. The normalized spacial score (nSPS) is 10.7. The zero-order valence-corrected chi connectivity index (χ0v) is 12.4. The van der Waals surface area contributed by atoms with Crippen LogP contribution in [0.3, 0.4) is 0 Å². The third-order valence-corrected chi connectivity index (χ3v) is 4.12. The largest absolute Gasteiger partial charge is 0.360 e. The Morgan fingerprint density at radius 1 is 1.38 bits per heavy atom. The number of thioether (sulfide) groups is 1. The molecular formula is C15H12N4OS. The van der Waals surface area contributed by atoms with E-state index >= 15 is 0 Å². The highest BCUT2D eigenvalue weighted by molar-refractivity contribution is 7.98. The fraction of sp³-hybridized carbons (Fsp3) is 0.133. The molecule has 0 aliphatic carbocycles. The Morgan fingerprint density at radius 2 is 2.14 bits per heavy atom. The zero-order valence-electron chi connectivity index (χ0n) is 11.5. The fourth-order valence-corrected chi connectivity index (χ4v) is 2.87. The molecule has 2 aromatic heterocycles. The minimum Gasteiger partial charge on any atom is -0.360 e. The van der Waals surface area contributed by atoms with Crippen LogP contribution in [-0.2, 0) is 7.05 Å². The van der Waals surface area contributed by atoms with E-state index in [2.05, 4.69) is 9.97 Å². The van der Waals surface area contributed by atoms with Gasteiger partial charge in [-0.1, -0.05) is 30.0 Å². The number of H-pyrrole nitrogens is 1. The lowest BCUT2D eigenvalue weighted by Gasteiger charge is -2.08. The van der Waals surface area contributed by atoms with Crippen molar-refractivity contribution in [2.75, 3.05) is 6.26 Å². The second kappa shape index (κ2) is 5.11. The highest BCUT2D eigenvalue weighted by Gasteiger charge is 2.18. The summed E-state index contributed by atoms with van der Waals surface area (Å²) in [4.78, 5) is 20.0. The summed E-state index contributed by atoms with van der Waals surface area (Å²) in [5.41, 5.74) is 1.90. The summed E-state index contributed by atoms with van der Waals surface area (Å²) >= 11 is 1.38. The van der Waals surface area contributed by atoms with Gasteiger partial charge in [0.15, 0.2) is 5.16 Å². The molecule has 0 bridgehead atoms. The number of nitrogens with one attached hydrogen (secondary N) is 1. The van der Waals surface area contributed by atoms with E-state index in [9.17, 15) is 10.1 Å². The molecule has 0 fully saturated rings. The molecule has 0 radical (unpaired) electrons. The number of rotatable bonds is 2. The molecule has 2 heterocycles. The van der Waals surface area contributed by atoms with E-state index in [4.69, 9.17) is 0 Å². The number of para-hydroxylation sites is 1. The van der Waals surface area contributed by atoms with Gasteiger partial charge in [-0.25, -0.2) is 4.98 Å². The SMILES string of the molecule is CSc1nc(-c2c[nH]c3ccccc23)c(C#N)c(=O)n1C. The summed E-state index contributed by atoms with van der Waals surface area (Å²) in [5, 5.41) is 10.9. The Labute approximate surface area is 125 Å². The average Bonchev–Trinajstić information content (AvgIpc) is 2.93. The van der Waals surface area contributed by atoms with E-state index in [1.165, 1.54) is 16.3 Å². The standard InChI is InChI=1S/C15H12N4OS/c1-19-14(20)10(7-16)13(18-15(19)21-2)11-8-17-12-6-4-3-5-9(11)12/h3-6,8,17H,1-2H3.